The van der Waals surface area contributed by atoms with Gasteiger partial charge < -0.3 is 25.2 Å². The molecule has 194 valence electrons. The predicted octanol–water partition coefficient (Wildman–Crippen LogP) is 3.90. The van der Waals surface area contributed by atoms with Gasteiger partial charge in [-0.2, -0.15) is 0 Å². The number of ether oxygens (including phenoxy) is 2. The van der Waals surface area contributed by atoms with Crippen LogP contribution in [-0.4, -0.2) is 59.4 Å². The van der Waals surface area contributed by atoms with E-state index in [1.165, 1.54) is 7.05 Å². The molecule has 1 saturated heterocycles. The van der Waals surface area contributed by atoms with Crippen LogP contribution in [0.15, 0.2) is 78.9 Å². The topological polar surface area (TPSA) is 100 Å². The first-order chi connectivity index (χ1) is 18.0. The molecule has 2 atom stereocenters. The summed E-state index contributed by atoms with van der Waals surface area (Å²) in [5, 5.41) is 15.7. The lowest BCUT2D eigenvalue weighted by atomic mass is 10.1. The number of imide groups is 1. The Hall–Kier alpha value is -3.53. The van der Waals surface area contributed by atoms with Crippen molar-refractivity contribution in [2.45, 2.75) is 24.5 Å². The summed E-state index contributed by atoms with van der Waals surface area (Å²) in [5.41, 5.74) is 3.02. The Morgan fingerprint density at radius 2 is 1.59 bits per heavy atom. The number of hydrogen-bond acceptors (Lipinski definition) is 8. The van der Waals surface area contributed by atoms with Gasteiger partial charge in [0.25, 0.3) is 11.1 Å². The van der Waals surface area contributed by atoms with Crippen LogP contribution in [0.3, 0.4) is 0 Å². The van der Waals surface area contributed by atoms with Gasteiger partial charge in [0.05, 0.1) is 0 Å². The summed E-state index contributed by atoms with van der Waals surface area (Å²) in [6.45, 7) is 1.81. The Morgan fingerprint density at radius 1 is 0.919 bits per heavy atom. The maximum atomic E-state index is 12.0. The second-order valence-electron chi connectivity index (χ2n) is 8.67. The summed E-state index contributed by atoms with van der Waals surface area (Å²) in [6.07, 6.45) is 0.152. The summed E-state index contributed by atoms with van der Waals surface area (Å²) in [4.78, 5) is 24.7. The lowest BCUT2D eigenvalue weighted by Crippen LogP contribution is -2.32. The molecule has 37 heavy (non-hydrogen) atoms. The molecular weight excluding hydrogens is 490 g/mol. The van der Waals surface area contributed by atoms with Crippen molar-refractivity contribution in [3.8, 4) is 11.5 Å². The van der Waals surface area contributed by atoms with E-state index in [4.69, 9.17) is 9.47 Å². The van der Waals surface area contributed by atoms with Crippen molar-refractivity contribution in [3.05, 3.63) is 90.0 Å². The van der Waals surface area contributed by atoms with E-state index >= 15 is 0 Å². The van der Waals surface area contributed by atoms with E-state index in [-0.39, 0.29) is 17.8 Å². The molecule has 0 aliphatic carbocycles. The van der Waals surface area contributed by atoms with Crippen LogP contribution in [-0.2, 0) is 17.8 Å². The van der Waals surface area contributed by atoms with Crippen molar-refractivity contribution in [3.63, 3.8) is 0 Å². The zero-order valence-electron chi connectivity index (χ0n) is 20.6. The first kappa shape index (κ1) is 26.5. The van der Waals surface area contributed by atoms with Gasteiger partial charge in [0.15, 0.2) is 5.37 Å². The number of rotatable bonds is 13. The van der Waals surface area contributed by atoms with Gasteiger partial charge in [-0.3, -0.25) is 14.5 Å². The zero-order valence-corrected chi connectivity index (χ0v) is 21.4. The van der Waals surface area contributed by atoms with Gasteiger partial charge in [0, 0.05) is 19.3 Å². The van der Waals surface area contributed by atoms with Crippen molar-refractivity contribution in [2.75, 3.05) is 32.1 Å². The number of nitrogens with one attached hydrogen (secondary N) is 2. The molecule has 0 bridgehead atoms. The van der Waals surface area contributed by atoms with Gasteiger partial charge in [0.1, 0.15) is 30.8 Å². The smallest absolute Gasteiger partial charge is 0.290 e. The number of aliphatic hydroxyl groups excluding tert-OH is 1. The van der Waals surface area contributed by atoms with E-state index in [0.29, 0.717) is 25.4 Å². The lowest BCUT2D eigenvalue weighted by molar-refractivity contribution is -0.125. The highest BCUT2D eigenvalue weighted by molar-refractivity contribution is 8.15. The van der Waals surface area contributed by atoms with Crippen LogP contribution >= 0.6 is 11.8 Å². The van der Waals surface area contributed by atoms with E-state index in [2.05, 4.69) is 10.6 Å². The molecule has 1 aliphatic heterocycles. The predicted molar refractivity (Wildman–Crippen MR) is 145 cm³/mol. The average Bonchev–Trinajstić information content (AvgIpc) is 3.17. The van der Waals surface area contributed by atoms with Gasteiger partial charge in [-0.1, -0.05) is 42.5 Å². The first-order valence-corrected chi connectivity index (χ1v) is 13.0. The molecule has 0 spiro atoms. The minimum absolute atomic E-state index is 0.188. The summed E-state index contributed by atoms with van der Waals surface area (Å²) in [6, 6.07) is 25.1. The number of benzene rings is 3. The molecule has 3 N–H and O–H groups in total. The molecule has 3 aromatic rings. The maximum Gasteiger partial charge on any atom is 0.290 e. The van der Waals surface area contributed by atoms with Crippen LogP contribution in [0.4, 0.5) is 10.5 Å². The number of aliphatic hydroxyl groups is 1. The normalized spacial score (nSPS) is 16.1. The van der Waals surface area contributed by atoms with Crippen LogP contribution in [0, 0.1) is 0 Å². The standard InChI is InChI=1S/C28H31N3O5S/c1-31-27(33)26(37-28(31)34)30-22-9-7-20(8-10-22)15-16-29-17-23(32)19-36-25-13-11-24(12-14-25)35-18-21-5-3-2-4-6-21/h2-14,23,26,29-30,32H,15-19H2,1H3/t23-,26?/m0/s1. The molecular formula is C28H31N3O5S. The zero-order chi connectivity index (χ0) is 26.0. The number of carbonyl (C=O) groups is 2. The largest absolute Gasteiger partial charge is 0.491 e. The van der Waals surface area contributed by atoms with Crippen LogP contribution in [0.2, 0.25) is 0 Å². The molecule has 0 radical (unpaired) electrons. The number of thioether (sulfide) groups is 1. The van der Waals surface area contributed by atoms with E-state index in [1.54, 1.807) is 0 Å². The van der Waals surface area contributed by atoms with E-state index in [9.17, 15) is 14.7 Å². The molecule has 4 rings (SSSR count). The molecule has 1 heterocycles. The third-order valence-corrected chi connectivity index (χ3v) is 6.81. The monoisotopic (exact) mass is 521 g/mol. The van der Waals surface area contributed by atoms with Crippen molar-refractivity contribution in [2.24, 2.45) is 0 Å². The fourth-order valence-electron chi connectivity index (χ4n) is 3.63. The lowest BCUT2D eigenvalue weighted by Gasteiger charge is -2.14. The van der Waals surface area contributed by atoms with E-state index < -0.39 is 11.5 Å². The first-order valence-electron chi connectivity index (χ1n) is 12.1. The SMILES string of the molecule is CN1C(=O)SC(Nc2ccc(CCNC[C@H](O)COc3ccc(OCc4ccccc4)cc3)cc2)C1=O. The quantitative estimate of drug-likeness (QED) is 0.291. The highest BCUT2D eigenvalue weighted by Crippen LogP contribution is 2.27. The molecule has 0 aromatic heterocycles. The highest BCUT2D eigenvalue weighted by atomic mass is 32.2. The summed E-state index contributed by atoms with van der Waals surface area (Å²) in [5.74, 6) is 1.19. The third-order valence-electron chi connectivity index (χ3n) is 5.78. The molecule has 9 heteroatoms. The van der Waals surface area contributed by atoms with Gasteiger partial charge in [-0.15, -0.1) is 0 Å². The van der Waals surface area contributed by atoms with E-state index in [0.717, 1.165) is 45.6 Å². The number of hydrogen-bond donors (Lipinski definition) is 3. The van der Waals surface area contributed by atoms with Crippen molar-refractivity contribution in [1.82, 2.24) is 10.2 Å². The number of nitrogens with zero attached hydrogens (tertiary/aromatic N) is 1. The molecule has 1 unspecified atom stereocenters. The minimum atomic E-state index is -0.636. The van der Waals surface area contributed by atoms with Crippen LogP contribution < -0.4 is 20.1 Å². The maximum absolute atomic E-state index is 12.0. The average molecular weight is 522 g/mol. The summed E-state index contributed by atoms with van der Waals surface area (Å²) >= 11 is 0.981. The molecule has 1 fully saturated rings. The molecule has 3 aromatic carbocycles. The minimum Gasteiger partial charge on any atom is -0.491 e. The summed E-state index contributed by atoms with van der Waals surface area (Å²) < 4.78 is 11.5. The second-order valence-corrected chi connectivity index (χ2v) is 9.72. The van der Waals surface area contributed by atoms with Crippen LogP contribution in [0.1, 0.15) is 11.1 Å². The Kier molecular flexibility index (Phi) is 9.42. The number of anilines is 1. The molecule has 8 nitrogen and oxygen atoms in total. The van der Waals surface area contributed by atoms with Crippen molar-refractivity contribution < 1.29 is 24.2 Å². The number of amides is 2. The fraction of sp³-hybridized carbons (Fsp3) is 0.286. The Balaban J connectivity index is 1.10. The van der Waals surface area contributed by atoms with Crippen LogP contribution in [0.25, 0.3) is 0 Å². The molecule has 2 amide bonds. The van der Waals surface area contributed by atoms with Crippen molar-refractivity contribution in [1.29, 1.82) is 0 Å². The number of carbonyl (C=O) groups excluding carboxylic acids is 2. The van der Waals surface area contributed by atoms with Gasteiger partial charge >= 0.3 is 0 Å². The Morgan fingerprint density at radius 3 is 2.24 bits per heavy atom. The van der Waals surface area contributed by atoms with Gasteiger partial charge in [-0.25, -0.2) is 0 Å². The summed E-state index contributed by atoms with van der Waals surface area (Å²) in [7, 11) is 1.49. The number of likely N-dealkylation sites (N-methyl/N-ethyl adjacent to an activating group) is 1. The van der Waals surface area contributed by atoms with Gasteiger partial charge in [0.2, 0.25) is 0 Å². The van der Waals surface area contributed by atoms with E-state index in [1.807, 2.05) is 78.9 Å². The molecule has 1 aliphatic rings. The molecule has 0 saturated carbocycles. The third kappa shape index (κ3) is 7.98. The second kappa shape index (κ2) is 13.1. The van der Waals surface area contributed by atoms with Crippen molar-refractivity contribution >= 4 is 28.6 Å². The Labute approximate surface area is 221 Å². The van der Waals surface area contributed by atoms with Crippen LogP contribution in [0.5, 0.6) is 11.5 Å². The van der Waals surface area contributed by atoms with Gasteiger partial charge in [-0.05, 0) is 72.3 Å². The Bertz CT molecular complexity index is 1160. The fourth-order valence-corrected chi connectivity index (χ4v) is 4.54. The highest BCUT2D eigenvalue weighted by Gasteiger charge is 2.37.